The lowest BCUT2D eigenvalue weighted by Crippen LogP contribution is -2.15. The van der Waals surface area contributed by atoms with Crippen molar-refractivity contribution in [2.24, 2.45) is 0 Å². The maximum absolute atomic E-state index is 5.93. The summed E-state index contributed by atoms with van der Waals surface area (Å²) < 4.78 is 17.3. The van der Waals surface area contributed by atoms with Gasteiger partial charge in [0.2, 0.25) is 0 Å². The van der Waals surface area contributed by atoms with Gasteiger partial charge in [-0.25, -0.2) is 0 Å². The molecule has 0 aromatic heterocycles. The Morgan fingerprint density at radius 1 is 1.32 bits per heavy atom. The van der Waals surface area contributed by atoms with E-state index in [1.54, 1.807) is 14.2 Å². The van der Waals surface area contributed by atoms with Gasteiger partial charge in [0.15, 0.2) is 11.5 Å². The number of methoxy groups -OCH3 is 2. The zero-order valence-corrected chi connectivity index (χ0v) is 13.5. The molecule has 1 aromatic rings. The minimum absolute atomic E-state index is 0.0697. The first-order chi connectivity index (χ1) is 9.12. The van der Waals surface area contributed by atoms with Gasteiger partial charge in [-0.3, -0.25) is 0 Å². The normalized spacial score (nSPS) is 12.3. The van der Waals surface area contributed by atoms with E-state index < -0.39 is 0 Å². The predicted octanol–water partition coefficient (Wildman–Crippen LogP) is 2.98. The zero-order valence-electron chi connectivity index (χ0n) is 12.0. The molecule has 5 heteroatoms. The maximum Gasteiger partial charge on any atom is 0.175 e. The van der Waals surface area contributed by atoms with Crippen LogP contribution in [-0.2, 0) is 11.3 Å². The average molecular weight is 332 g/mol. The molecule has 0 spiro atoms. The molecular formula is C14H22BrNO3. The van der Waals surface area contributed by atoms with Crippen molar-refractivity contribution >= 4 is 15.9 Å². The van der Waals surface area contributed by atoms with Crippen molar-refractivity contribution in [2.45, 2.75) is 26.0 Å². The van der Waals surface area contributed by atoms with Crippen molar-refractivity contribution < 1.29 is 14.2 Å². The predicted molar refractivity (Wildman–Crippen MR) is 80.0 cm³/mol. The van der Waals surface area contributed by atoms with Crippen molar-refractivity contribution in [1.29, 1.82) is 0 Å². The van der Waals surface area contributed by atoms with Crippen LogP contribution >= 0.6 is 15.9 Å². The topological polar surface area (TPSA) is 39.7 Å². The number of hydrogen-bond acceptors (Lipinski definition) is 4. The van der Waals surface area contributed by atoms with Crippen LogP contribution in [0.25, 0.3) is 0 Å². The first-order valence-electron chi connectivity index (χ1n) is 6.29. The molecule has 108 valence electrons. The van der Waals surface area contributed by atoms with Crippen molar-refractivity contribution in [1.82, 2.24) is 5.32 Å². The summed E-state index contributed by atoms with van der Waals surface area (Å²) in [7, 11) is 5.25. The van der Waals surface area contributed by atoms with Gasteiger partial charge in [-0.2, -0.15) is 0 Å². The van der Waals surface area contributed by atoms with E-state index in [2.05, 4.69) is 21.2 Å². The van der Waals surface area contributed by atoms with Crippen LogP contribution in [0.15, 0.2) is 16.6 Å². The highest BCUT2D eigenvalue weighted by Crippen LogP contribution is 2.37. The molecule has 0 amide bonds. The molecule has 0 radical (unpaired) electrons. The van der Waals surface area contributed by atoms with E-state index in [9.17, 15) is 0 Å². The summed E-state index contributed by atoms with van der Waals surface area (Å²) in [4.78, 5) is 0. The molecule has 1 N–H and O–H groups in total. The van der Waals surface area contributed by atoms with Gasteiger partial charge in [0.05, 0.1) is 17.7 Å². The van der Waals surface area contributed by atoms with E-state index in [0.717, 1.165) is 34.5 Å². The number of halogens is 1. The van der Waals surface area contributed by atoms with Gasteiger partial charge in [0.1, 0.15) is 0 Å². The van der Waals surface area contributed by atoms with Crippen LogP contribution in [0.1, 0.15) is 18.9 Å². The summed E-state index contributed by atoms with van der Waals surface area (Å²) in [5.74, 6) is 1.48. The van der Waals surface area contributed by atoms with E-state index in [4.69, 9.17) is 14.2 Å². The number of hydrogen-bond donors (Lipinski definition) is 1. The third kappa shape index (κ3) is 5.01. The highest BCUT2D eigenvalue weighted by Gasteiger charge is 2.14. The van der Waals surface area contributed by atoms with Crippen LogP contribution in [0.3, 0.4) is 0 Å². The van der Waals surface area contributed by atoms with Gasteiger partial charge in [-0.05, 0) is 47.6 Å². The minimum Gasteiger partial charge on any atom is -0.493 e. The molecule has 1 unspecified atom stereocenters. The van der Waals surface area contributed by atoms with Crippen LogP contribution in [0.2, 0.25) is 0 Å². The summed E-state index contributed by atoms with van der Waals surface area (Å²) in [5.41, 5.74) is 1.14. The van der Waals surface area contributed by atoms with Crippen LogP contribution in [0.5, 0.6) is 11.5 Å². The Balaban J connectivity index is 2.87. The van der Waals surface area contributed by atoms with Gasteiger partial charge in [0, 0.05) is 26.7 Å². The van der Waals surface area contributed by atoms with Crippen molar-refractivity contribution in [3.8, 4) is 11.5 Å². The number of rotatable bonds is 8. The van der Waals surface area contributed by atoms with Crippen molar-refractivity contribution in [2.75, 3.05) is 27.9 Å². The Morgan fingerprint density at radius 3 is 2.63 bits per heavy atom. The summed E-state index contributed by atoms with van der Waals surface area (Å²) >= 11 is 3.54. The first-order valence-corrected chi connectivity index (χ1v) is 7.08. The first kappa shape index (κ1) is 16.3. The van der Waals surface area contributed by atoms with Crippen molar-refractivity contribution in [3.05, 3.63) is 22.2 Å². The quantitative estimate of drug-likeness (QED) is 0.794. The fourth-order valence-electron chi connectivity index (χ4n) is 1.74. The number of ether oxygens (including phenoxy) is 3. The highest BCUT2D eigenvalue weighted by molar-refractivity contribution is 9.10. The molecular weight excluding hydrogens is 310 g/mol. The number of benzene rings is 1. The Bertz CT molecular complexity index is 399. The average Bonchev–Trinajstić information content (AvgIpc) is 2.39. The van der Waals surface area contributed by atoms with E-state index in [1.165, 1.54) is 0 Å². The Labute approximate surface area is 123 Å². The van der Waals surface area contributed by atoms with Crippen LogP contribution in [0, 0.1) is 0 Å². The Hall–Kier alpha value is -0.780. The molecule has 1 aromatic carbocycles. The fraction of sp³-hybridized carbons (Fsp3) is 0.571. The lowest BCUT2D eigenvalue weighted by atomic mass is 10.2. The zero-order chi connectivity index (χ0) is 14.3. The summed E-state index contributed by atoms with van der Waals surface area (Å²) in [6.45, 7) is 3.49. The fourth-order valence-corrected chi connectivity index (χ4v) is 2.32. The van der Waals surface area contributed by atoms with E-state index in [-0.39, 0.29) is 6.10 Å². The molecule has 0 aliphatic heterocycles. The second-order valence-electron chi connectivity index (χ2n) is 4.35. The molecule has 0 saturated carbocycles. The second kappa shape index (κ2) is 8.40. The minimum atomic E-state index is 0.0697. The maximum atomic E-state index is 5.93. The van der Waals surface area contributed by atoms with Crippen LogP contribution < -0.4 is 14.8 Å². The molecule has 0 aliphatic rings. The van der Waals surface area contributed by atoms with Gasteiger partial charge in [-0.1, -0.05) is 0 Å². The SMILES string of the molecule is CNCc1cc(Br)c(OC(C)CCOC)c(OC)c1. The molecule has 1 rings (SSSR count). The summed E-state index contributed by atoms with van der Waals surface area (Å²) in [5, 5.41) is 3.12. The monoisotopic (exact) mass is 331 g/mol. The molecule has 19 heavy (non-hydrogen) atoms. The molecule has 0 bridgehead atoms. The third-order valence-corrected chi connectivity index (χ3v) is 3.31. The molecule has 4 nitrogen and oxygen atoms in total. The van der Waals surface area contributed by atoms with Crippen molar-refractivity contribution in [3.63, 3.8) is 0 Å². The smallest absolute Gasteiger partial charge is 0.175 e. The molecule has 0 fully saturated rings. The standard InChI is InChI=1S/C14H22BrNO3/c1-10(5-6-17-3)19-14-12(15)7-11(9-16-2)8-13(14)18-4/h7-8,10,16H,5-6,9H2,1-4H3. The lowest BCUT2D eigenvalue weighted by molar-refractivity contribution is 0.132. The van der Waals surface area contributed by atoms with E-state index >= 15 is 0 Å². The van der Waals surface area contributed by atoms with Crippen LogP contribution in [-0.4, -0.2) is 34.0 Å². The second-order valence-corrected chi connectivity index (χ2v) is 5.20. The van der Waals surface area contributed by atoms with E-state index in [1.807, 2.05) is 26.1 Å². The third-order valence-electron chi connectivity index (χ3n) is 2.72. The highest BCUT2D eigenvalue weighted by atomic mass is 79.9. The molecule has 0 heterocycles. The molecule has 0 saturated heterocycles. The lowest BCUT2D eigenvalue weighted by Gasteiger charge is -2.19. The summed E-state index contributed by atoms with van der Waals surface area (Å²) in [6, 6.07) is 4.02. The summed E-state index contributed by atoms with van der Waals surface area (Å²) in [6.07, 6.45) is 0.907. The Kier molecular flexibility index (Phi) is 7.20. The number of nitrogens with one attached hydrogen (secondary N) is 1. The van der Waals surface area contributed by atoms with Gasteiger partial charge in [-0.15, -0.1) is 0 Å². The van der Waals surface area contributed by atoms with Gasteiger partial charge < -0.3 is 19.5 Å². The Morgan fingerprint density at radius 2 is 2.05 bits per heavy atom. The van der Waals surface area contributed by atoms with E-state index in [0.29, 0.717) is 6.61 Å². The molecule has 1 atom stereocenters. The van der Waals surface area contributed by atoms with Gasteiger partial charge >= 0.3 is 0 Å². The van der Waals surface area contributed by atoms with Crippen LogP contribution in [0.4, 0.5) is 0 Å². The largest absolute Gasteiger partial charge is 0.493 e. The van der Waals surface area contributed by atoms with Gasteiger partial charge in [0.25, 0.3) is 0 Å². The molecule has 0 aliphatic carbocycles.